The van der Waals surface area contributed by atoms with Gasteiger partial charge in [0.25, 0.3) is 0 Å². The smallest absolute Gasteiger partial charge is 0.335 e. The van der Waals surface area contributed by atoms with Gasteiger partial charge in [-0.2, -0.15) is 4.99 Å². The van der Waals surface area contributed by atoms with Crippen LogP contribution in [0.3, 0.4) is 0 Å². The van der Waals surface area contributed by atoms with E-state index in [-0.39, 0.29) is 12.5 Å². The van der Waals surface area contributed by atoms with Crippen molar-refractivity contribution in [1.29, 1.82) is 0 Å². The molecule has 6 nitrogen and oxygen atoms in total. The summed E-state index contributed by atoms with van der Waals surface area (Å²) in [6.45, 7) is 1.94. The Hall–Kier alpha value is -2.33. The average molecular weight is 291 g/mol. The van der Waals surface area contributed by atoms with E-state index in [2.05, 4.69) is 4.99 Å². The van der Waals surface area contributed by atoms with Crippen molar-refractivity contribution in [2.75, 3.05) is 20.8 Å². The number of hydrogen-bond acceptors (Lipinski definition) is 6. The van der Waals surface area contributed by atoms with Gasteiger partial charge in [0.1, 0.15) is 0 Å². The summed E-state index contributed by atoms with van der Waals surface area (Å²) in [4.78, 5) is 26.5. The zero-order valence-electron chi connectivity index (χ0n) is 12.2. The third-order valence-corrected chi connectivity index (χ3v) is 3.61. The molecule has 1 aliphatic carbocycles. The lowest BCUT2D eigenvalue weighted by Crippen LogP contribution is -2.25. The Morgan fingerprint density at radius 1 is 1.43 bits per heavy atom. The standard InChI is InChI=1S/C15H17NO5/c1-4-21-14(18)15(16-9-17)8-11(15)10-6-5-7-12(19-2)13(10)20-3/h5-7,11H,4,8H2,1-3H3. The summed E-state index contributed by atoms with van der Waals surface area (Å²) in [5, 5.41) is 0. The molecule has 21 heavy (non-hydrogen) atoms. The number of nitrogens with zero attached hydrogens (tertiary/aromatic N) is 1. The molecular formula is C15H17NO5. The Labute approximate surface area is 122 Å². The Bertz CT molecular complexity index is 594. The van der Waals surface area contributed by atoms with Gasteiger partial charge < -0.3 is 14.2 Å². The number of isocyanates is 1. The Morgan fingerprint density at radius 3 is 2.76 bits per heavy atom. The van der Waals surface area contributed by atoms with Gasteiger partial charge in [0.2, 0.25) is 6.08 Å². The third kappa shape index (κ3) is 2.50. The fourth-order valence-corrected chi connectivity index (χ4v) is 2.54. The molecule has 1 fully saturated rings. The van der Waals surface area contributed by atoms with E-state index in [0.29, 0.717) is 17.9 Å². The molecule has 2 atom stereocenters. The van der Waals surface area contributed by atoms with Crippen LogP contribution in [0, 0.1) is 0 Å². The lowest BCUT2D eigenvalue weighted by atomic mass is 10.0. The molecule has 0 saturated heterocycles. The Morgan fingerprint density at radius 2 is 2.19 bits per heavy atom. The fourth-order valence-electron chi connectivity index (χ4n) is 2.54. The minimum Gasteiger partial charge on any atom is -0.493 e. The van der Waals surface area contributed by atoms with E-state index < -0.39 is 11.5 Å². The van der Waals surface area contributed by atoms with Crippen LogP contribution in [0.25, 0.3) is 0 Å². The number of rotatable bonds is 6. The second-order valence-electron chi connectivity index (χ2n) is 4.69. The van der Waals surface area contributed by atoms with E-state index in [1.54, 1.807) is 19.1 Å². The summed E-state index contributed by atoms with van der Waals surface area (Å²) in [6, 6.07) is 5.39. The first kappa shape index (κ1) is 15.1. The molecule has 2 rings (SSSR count). The quantitative estimate of drug-likeness (QED) is 0.454. The molecule has 0 spiro atoms. The van der Waals surface area contributed by atoms with Crippen LogP contribution in [0.5, 0.6) is 11.5 Å². The topological polar surface area (TPSA) is 74.2 Å². The zero-order valence-corrected chi connectivity index (χ0v) is 12.2. The molecule has 112 valence electrons. The SMILES string of the molecule is CCOC(=O)C1(N=C=O)CC1c1cccc(OC)c1OC. The second-order valence-corrected chi connectivity index (χ2v) is 4.69. The molecule has 1 saturated carbocycles. The number of ether oxygens (including phenoxy) is 3. The van der Waals surface area contributed by atoms with Crippen molar-refractivity contribution in [3.8, 4) is 11.5 Å². The lowest BCUT2D eigenvalue weighted by Gasteiger charge is -2.14. The van der Waals surface area contributed by atoms with E-state index in [4.69, 9.17) is 14.2 Å². The first-order valence-corrected chi connectivity index (χ1v) is 6.61. The van der Waals surface area contributed by atoms with Crippen LogP contribution in [0.2, 0.25) is 0 Å². The van der Waals surface area contributed by atoms with Gasteiger partial charge in [-0.25, -0.2) is 9.59 Å². The lowest BCUT2D eigenvalue weighted by molar-refractivity contribution is -0.145. The number of hydrogen-bond donors (Lipinski definition) is 0. The monoisotopic (exact) mass is 291 g/mol. The Balaban J connectivity index is 2.40. The molecule has 0 radical (unpaired) electrons. The third-order valence-electron chi connectivity index (χ3n) is 3.61. The van der Waals surface area contributed by atoms with E-state index in [1.165, 1.54) is 20.3 Å². The van der Waals surface area contributed by atoms with Gasteiger partial charge in [-0.3, -0.25) is 0 Å². The van der Waals surface area contributed by atoms with E-state index in [1.807, 2.05) is 6.07 Å². The predicted octanol–water partition coefficient (Wildman–Crippen LogP) is 1.83. The summed E-state index contributed by atoms with van der Waals surface area (Å²) in [6.07, 6.45) is 1.87. The second kappa shape index (κ2) is 5.97. The van der Waals surface area contributed by atoms with Crippen molar-refractivity contribution >= 4 is 12.0 Å². The molecule has 0 N–H and O–H groups in total. The average Bonchev–Trinajstić information content (AvgIpc) is 3.22. The molecule has 0 bridgehead atoms. The first-order valence-electron chi connectivity index (χ1n) is 6.61. The van der Waals surface area contributed by atoms with Gasteiger partial charge in [-0.15, -0.1) is 0 Å². The maximum Gasteiger partial charge on any atom is 0.335 e. The number of para-hydroxylation sites is 1. The number of carbonyl (C=O) groups is 1. The van der Waals surface area contributed by atoms with Crippen molar-refractivity contribution in [1.82, 2.24) is 0 Å². The molecule has 1 aromatic carbocycles. The number of esters is 1. The van der Waals surface area contributed by atoms with Crippen molar-refractivity contribution < 1.29 is 23.8 Å². The van der Waals surface area contributed by atoms with Crippen LogP contribution in [0.15, 0.2) is 23.2 Å². The molecule has 6 heteroatoms. The maximum absolute atomic E-state index is 12.1. The van der Waals surface area contributed by atoms with Gasteiger partial charge in [0.15, 0.2) is 17.0 Å². The molecule has 1 aromatic rings. The van der Waals surface area contributed by atoms with Crippen molar-refractivity contribution in [2.45, 2.75) is 24.8 Å². The van der Waals surface area contributed by atoms with Gasteiger partial charge in [0.05, 0.1) is 20.8 Å². The molecular weight excluding hydrogens is 274 g/mol. The van der Waals surface area contributed by atoms with Gasteiger partial charge in [0, 0.05) is 11.5 Å². The molecule has 0 aliphatic heterocycles. The van der Waals surface area contributed by atoms with Crippen LogP contribution >= 0.6 is 0 Å². The van der Waals surface area contributed by atoms with Crippen LogP contribution in [-0.2, 0) is 14.3 Å². The van der Waals surface area contributed by atoms with E-state index in [9.17, 15) is 9.59 Å². The number of benzene rings is 1. The highest BCUT2D eigenvalue weighted by Crippen LogP contribution is 2.58. The van der Waals surface area contributed by atoms with Gasteiger partial charge in [-0.1, -0.05) is 12.1 Å². The maximum atomic E-state index is 12.1. The summed E-state index contributed by atoms with van der Waals surface area (Å²) < 4.78 is 15.6. The number of aliphatic imine (C=N–C) groups is 1. The highest BCUT2D eigenvalue weighted by Gasteiger charge is 2.64. The minimum atomic E-state index is -1.18. The number of carbonyl (C=O) groups excluding carboxylic acids is 2. The molecule has 2 unspecified atom stereocenters. The highest BCUT2D eigenvalue weighted by atomic mass is 16.5. The normalized spacial score (nSPS) is 22.9. The van der Waals surface area contributed by atoms with Crippen molar-refractivity contribution in [2.24, 2.45) is 4.99 Å². The van der Waals surface area contributed by atoms with Crippen LogP contribution in [-0.4, -0.2) is 38.4 Å². The van der Waals surface area contributed by atoms with E-state index >= 15 is 0 Å². The number of methoxy groups -OCH3 is 2. The van der Waals surface area contributed by atoms with Gasteiger partial charge in [-0.05, 0) is 19.4 Å². The molecule has 0 heterocycles. The summed E-state index contributed by atoms with van der Waals surface area (Å²) in [5.74, 6) is 0.318. The summed E-state index contributed by atoms with van der Waals surface area (Å²) >= 11 is 0. The van der Waals surface area contributed by atoms with Crippen LogP contribution in [0.1, 0.15) is 24.8 Å². The predicted molar refractivity (Wildman–Crippen MR) is 74.4 cm³/mol. The fraction of sp³-hybridized carbons (Fsp3) is 0.467. The Kier molecular flexibility index (Phi) is 4.29. The zero-order chi connectivity index (χ0) is 15.5. The largest absolute Gasteiger partial charge is 0.493 e. The van der Waals surface area contributed by atoms with E-state index in [0.717, 1.165) is 5.56 Å². The molecule has 0 amide bonds. The van der Waals surface area contributed by atoms with Crippen molar-refractivity contribution in [3.05, 3.63) is 23.8 Å². The van der Waals surface area contributed by atoms with Crippen molar-refractivity contribution in [3.63, 3.8) is 0 Å². The highest BCUT2D eigenvalue weighted by molar-refractivity contribution is 5.88. The first-order chi connectivity index (χ1) is 10.1. The molecule has 1 aliphatic rings. The van der Waals surface area contributed by atoms with Gasteiger partial charge >= 0.3 is 5.97 Å². The van der Waals surface area contributed by atoms with Crippen LogP contribution in [0.4, 0.5) is 0 Å². The molecule has 0 aromatic heterocycles. The minimum absolute atomic E-state index is 0.233. The van der Waals surface area contributed by atoms with Crippen LogP contribution < -0.4 is 9.47 Å². The summed E-state index contributed by atoms with van der Waals surface area (Å²) in [7, 11) is 3.06. The summed E-state index contributed by atoms with van der Waals surface area (Å²) in [5.41, 5.74) is -0.416.